The number of hydrogen-bond donors (Lipinski definition) is 2. The number of aromatic nitrogens is 2. The molecule has 2 aromatic rings. The molecule has 3 rings (SSSR count). The molecule has 1 aliphatic heterocycles. The van der Waals surface area contributed by atoms with Crippen LogP contribution in [0.2, 0.25) is 0 Å². The van der Waals surface area contributed by atoms with Crippen molar-refractivity contribution in [1.82, 2.24) is 15.1 Å². The summed E-state index contributed by atoms with van der Waals surface area (Å²) in [5.74, 6) is -0.0912. The van der Waals surface area contributed by atoms with Crippen molar-refractivity contribution in [1.29, 1.82) is 0 Å². The summed E-state index contributed by atoms with van der Waals surface area (Å²) in [6.07, 6.45) is 3.36. The van der Waals surface area contributed by atoms with Gasteiger partial charge in [0.05, 0.1) is 31.1 Å². The molecule has 0 spiro atoms. The summed E-state index contributed by atoms with van der Waals surface area (Å²) in [7, 11) is 0. The predicted octanol–water partition coefficient (Wildman–Crippen LogP) is 1.25. The Hall–Kier alpha value is -2.18. The van der Waals surface area contributed by atoms with Crippen molar-refractivity contribution in [2.24, 2.45) is 0 Å². The zero-order valence-corrected chi connectivity index (χ0v) is 12.5. The Morgan fingerprint density at radius 3 is 3.05 bits per heavy atom. The molecule has 22 heavy (non-hydrogen) atoms. The molecule has 0 aliphatic carbocycles. The number of carbonyl (C=O) groups is 1. The average Bonchev–Trinajstić information content (AvgIpc) is 2.95. The van der Waals surface area contributed by atoms with Crippen LogP contribution >= 0.6 is 0 Å². The van der Waals surface area contributed by atoms with Gasteiger partial charge in [-0.3, -0.25) is 9.48 Å². The van der Waals surface area contributed by atoms with Crippen molar-refractivity contribution in [2.75, 3.05) is 18.5 Å². The van der Waals surface area contributed by atoms with E-state index in [2.05, 4.69) is 15.7 Å². The Labute approximate surface area is 129 Å². The monoisotopic (exact) mass is 300 g/mol. The first-order valence-electron chi connectivity index (χ1n) is 7.44. The summed E-state index contributed by atoms with van der Waals surface area (Å²) in [6.45, 7) is 3.91. The molecule has 1 saturated heterocycles. The molecule has 116 valence electrons. The van der Waals surface area contributed by atoms with E-state index in [-0.39, 0.29) is 18.1 Å². The Balaban J connectivity index is 1.60. The van der Waals surface area contributed by atoms with Crippen molar-refractivity contribution >= 4 is 11.6 Å². The molecular weight excluding hydrogens is 280 g/mol. The van der Waals surface area contributed by atoms with E-state index in [9.17, 15) is 4.79 Å². The van der Waals surface area contributed by atoms with Gasteiger partial charge in [-0.05, 0) is 12.5 Å². The number of ether oxygens (including phenoxy) is 1. The number of anilines is 1. The first kappa shape index (κ1) is 14.7. The summed E-state index contributed by atoms with van der Waals surface area (Å²) >= 11 is 0. The molecular formula is C16H20N4O2. The second kappa shape index (κ2) is 6.72. The van der Waals surface area contributed by atoms with Gasteiger partial charge in [-0.15, -0.1) is 0 Å². The van der Waals surface area contributed by atoms with E-state index in [1.54, 1.807) is 10.9 Å². The number of amides is 1. The second-order valence-electron chi connectivity index (χ2n) is 5.41. The van der Waals surface area contributed by atoms with Gasteiger partial charge in [0.25, 0.3) is 0 Å². The molecule has 0 bridgehead atoms. The molecule has 6 nitrogen and oxygen atoms in total. The normalized spacial score (nSPS) is 21.5. The maximum atomic E-state index is 12.3. The number of rotatable bonds is 4. The van der Waals surface area contributed by atoms with Gasteiger partial charge in [-0.2, -0.15) is 5.10 Å². The van der Waals surface area contributed by atoms with Gasteiger partial charge in [0.2, 0.25) is 5.91 Å². The van der Waals surface area contributed by atoms with Crippen LogP contribution in [-0.4, -0.2) is 41.0 Å². The third-order valence-electron chi connectivity index (χ3n) is 3.69. The van der Waals surface area contributed by atoms with Gasteiger partial charge < -0.3 is 15.4 Å². The average molecular weight is 300 g/mol. The minimum Gasteiger partial charge on any atom is -0.375 e. The summed E-state index contributed by atoms with van der Waals surface area (Å²) < 4.78 is 7.29. The van der Waals surface area contributed by atoms with E-state index in [1.165, 1.54) is 5.56 Å². The highest BCUT2D eigenvalue weighted by Crippen LogP contribution is 2.11. The van der Waals surface area contributed by atoms with Crippen molar-refractivity contribution in [3.63, 3.8) is 0 Å². The quantitative estimate of drug-likeness (QED) is 0.891. The Bertz CT molecular complexity index is 626. The van der Waals surface area contributed by atoms with E-state index in [1.807, 2.05) is 43.5 Å². The Kier molecular flexibility index (Phi) is 4.50. The molecule has 1 amide bonds. The molecule has 0 unspecified atom stereocenters. The standard InChI is InChI=1S/C16H20N4O2/c1-12-15(17-7-8-22-12)16(21)19-14-9-18-20(11-14)10-13-5-3-2-4-6-13/h2-6,9,11-12,15,17H,7-8,10H2,1H3,(H,19,21)/t12-,15+/m1/s1. The maximum Gasteiger partial charge on any atom is 0.244 e. The minimum absolute atomic E-state index is 0.0912. The van der Waals surface area contributed by atoms with E-state index in [4.69, 9.17) is 4.74 Å². The van der Waals surface area contributed by atoms with Crippen LogP contribution in [0.15, 0.2) is 42.7 Å². The van der Waals surface area contributed by atoms with Crippen LogP contribution in [-0.2, 0) is 16.1 Å². The number of nitrogens with one attached hydrogen (secondary N) is 2. The Morgan fingerprint density at radius 1 is 1.45 bits per heavy atom. The van der Waals surface area contributed by atoms with Crippen LogP contribution in [0.4, 0.5) is 5.69 Å². The first-order chi connectivity index (χ1) is 10.7. The number of morpholine rings is 1. The third kappa shape index (κ3) is 3.52. The third-order valence-corrected chi connectivity index (χ3v) is 3.69. The number of benzene rings is 1. The van der Waals surface area contributed by atoms with Crippen molar-refractivity contribution in [3.8, 4) is 0 Å². The van der Waals surface area contributed by atoms with E-state index >= 15 is 0 Å². The molecule has 2 N–H and O–H groups in total. The topological polar surface area (TPSA) is 68.2 Å². The van der Waals surface area contributed by atoms with Crippen molar-refractivity contribution < 1.29 is 9.53 Å². The van der Waals surface area contributed by atoms with Gasteiger partial charge >= 0.3 is 0 Å². The van der Waals surface area contributed by atoms with Crippen LogP contribution in [0.25, 0.3) is 0 Å². The van der Waals surface area contributed by atoms with Crippen LogP contribution in [0.5, 0.6) is 0 Å². The van der Waals surface area contributed by atoms with Gasteiger partial charge in [-0.1, -0.05) is 30.3 Å². The van der Waals surface area contributed by atoms with Crippen LogP contribution in [0.3, 0.4) is 0 Å². The molecule has 1 fully saturated rings. The molecule has 2 heterocycles. The molecule has 1 aliphatic rings. The highest BCUT2D eigenvalue weighted by atomic mass is 16.5. The summed E-state index contributed by atoms with van der Waals surface area (Å²) in [4.78, 5) is 12.3. The predicted molar refractivity (Wildman–Crippen MR) is 83.6 cm³/mol. The largest absolute Gasteiger partial charge is 0.375 e. The fourth-order valence-electron chi connectivity index (χ4n) is 2.53. The van der Waals surface area contributed by atoms with Crippen LogP contribution in [0.1, 0.15) is 12.5 Å². The van der Waals surface area contributed by atoms with E-state index < -0.39 is 0 Å². The number of carbonyl (C=O) groups excluding carboxylic acids is 1. The molecule has 1 aromatic carbocycles. The zero-order valence-electron chi connectivity index (χ0n) is 12.5. The molecule has 1 aromatic heterocycles. The molecule has 0 radical (unpaired) electrons. The molecule has 2 atom stereocenters. The van der Waals surface area contributed by atoms with Crippen molar-refractivity contribution in [3.05, 3.63) is 48.3 Å². The molecule has 0 saturated carbocycles. The smallest absolute Gasteiger partial charge is 0.244 e. The molecule has 6 heteroatoms. The lowest BCUT2D eigenvalue weighted by Gasteiger charge is -2.29. The lowest BCUT2D eigenvalue weighted by molar-refractivity contribution is -0.123. The summed E-state index contributed by atoms with van der Waals surface area (Å²) in [5, 5.41) is 10.3. The van der Waals surface area contributed by atoms with Crippen LogP contribution in [0, 0.1) is 0 Å². The fourth-order valence-corrected chi connectivity index (χ4v) is 2.53. The zero-order chi connectivity index (χ0) is 15.4. The summed E-state index contributed by atoms with van der Waals surface area (Å²) in [6, 6.07) is 9.75. The number of hydrogen-bond acceptors (Lipinski definition) is 4. The van der Waals surface area contributed by atoms with Gasteiger partial charge in [0.1, 0.15) is 6.04 Å². The van der Waals surface area contributed by atoms with E-state index in [0.717, 1.165) is 0 Å². The number of nitrogens with zero attached hydrogens (tertiary/aromatic N) is 2. The lowest BCUT2D eigenvalue weighted by atomic mass is 10.1. The lowest BCUT2D eigenvalue weighted by Crippen LogP contribution is -2.53. The van der Waals surface area contributed by atoms with Crippen molar-refractivity contribution in [2.45, 2.75) is 25.6 Å². The van der Waals surface area contributed by atoms with E-state index in [0.29, 0.717) is 25.4 Å². The second-order valence-corrected chi connectivity index (χ2v) is 5.41. The fraction of sp³-hybridized carbons (Fsp3) is 0.375. The van der Waals surface area contributed by atoms with Gasteiger partial charge in [-0.25, -0.2) is 0 Å². The SMILES string of the molecule is C[C@H]1OCCN[C@@H]1C(=O)Nc1cnn(Cc2ccccc2)c1. The van der Waals surface area contributed by atoms with Crippen LogP contribution < -0.4 is 10.6 Å². The first-order valence-corrected chi connectivity index (χ1v) is 7.44. The van der Waals surface area contributed by atoms with Gasteiger partial charge in [0.15, 0.2) is 0 Å². The van der Waals surface area contributed by atoms with Gasteiger partial charge in [0, 0.05) is 12.7 Å². The maximum absolute atomic E-state index is 12.3. The summed E-state index contributed by atoms with van der Waals surface area (Å²) in [5.41, 5.74) is 1.86. The highest BCUT2D eigenvalue weighted by molar-refractivity contribution is 5.95. The Morgan fingerprint density at radius 2 is 2.27 bits per heavy atom. The minimum atomic E-state index is -0.328. The highest BCUT2D eigenvalue weighted by Gasteiger charge is 2.28.